The van der Waals surface area contributed by atoms with Crippen molar-refractivity contribution in [2.75, 3.05) is 59.9 Å². The minimum atomic E-state index is -3.29. The van der Waals surface area contributed by atoms with Crippen molar-refractivity contribution >= 4 is 10.2 Å². The molecule has 0 bridgehead atoms. The highest BCUT2D eigenvalue weighted by Crippen LogP contribution is 2.10. The van der Waals surface area contributed by atoms with E-state index in [4.69, 9.17) is 0 Å². The molecule has 0 aliphatic carbocycles. The summed E-state index contributed by atoms with van der Waals surface area (Å²) < 4.78 is 28.3. The van der Waals surface area contributed by atoms with Crippen LogP contribution in [-0.4, -0.2) is 81.8 Å². The Morgan fingerprint density at radius 1 is 1.16 bits per heavy atom. The zero-order valence-electron chi connectivity index (χ0n) is 12.4. The van der Waals surface area contributed by atoms with Gasteiger partial charge in [0.25, 0.3) is 10.2 Å². The Bertz CT molecular complexity index is 338. The maximum absolute atomic E-state index is 12.6. The third-order valence-electron chi connectivity index (χ3n) is 3.32. The molecular formula is C12H28N4O2S. The van der Waals surface area contributed by atoms with Crippen LogP contribution in [0.4, 0.5) is 0 Å². The molecule has 0 aromatic heterocycles. The van der Waals surface area contributed by atoms with Crippen LogP contribution in [0.15, 0.2) is 0 Å². The molecular weight excluding hydrogens is 264 g/mol. The van der Waals surface area contributed by atoms with Gasteiger partial charge in [0.05, 0.1) is 0 Å². The first-order valence-corrected chi connectivity index (χ1v) is 8.49. The third-order valence-corrected chi connectivity index (χ3v) is 5.43. The normalized spacial score (nSPS) is 19.0. The molecule has 6 nitrogen and oxygen atoms in total. The van der Waals surface area contributed by atoms with Gasteiger partial charge in [-0.3, -0.25) is 0 Å². The Kier molecular flexibility index (Phi) is 7.23. The SMILES string of the molecule is CCN(CCCN(C)C)S(=O)(=O)N1CCCNCC1. The van der Waals surface area contributed by atoms with Crippen LogP contribution < -0.4 is 5.32 Å². The molecule has 1 aliphatic rings. The fourth-order valence-electron chi connectivity index (χ4n) is 2.21. The van der Waals surface area contributed by atoms with E-state index < -0.39 is 10.2 Å². The van der Waals surface area contributed by atoms with Crippen LogP contribution in [0.25, 0.3) is 0 Å². The molecule has 7 heteroatoms. The minimum absolute atomic E-state index is 0.541. The summed E-state index contributed by atoms with van der Waals surface area (Å²) in [4.78, 5) is 2.08. The highest BCUT2D eigenvalue weighted by Gasteiger charge is 2.28. The van der Waals surface area contributed by atoms with Gasteiger partial charge in [-0.15, -0.1) is 0 Å². The Hall–Kier alpha value is -0.210. The topological polar surface area (TPSA) is 55.9 Å². The standard InChI is InChI=1S/C12H28N4O2S/c1-4-15(11-6-9-14(2)3)19(17,18)16-10-5-7-13-8-12-16/h13H,4-12H2,1-3H3. The van der Waals surface area contributed by atoms with Crippen molar-refractivity contribution in [3.8, 4) is 0 Å². The highest BCUT2D eigenvalue weighted by molar-refractivity contribution is 7.86. The van der Waals surface area contributed by atoms with Gasteiger partial charge in [-0.05, 0) is 40.0 Å². The van der Waals surface area contributed by atoms with E-state index in [-0.39, 0.29) is 0 Å². The summed E-state index contributed by atoms with van der Waals surface area (Å²) in [6, 6.07) is 0. The smallest absolute Gasteiger partial charge is 0.282 e. The van der Waals surface area contributed by atoms with Crippen LogP contribution in [0.3, 0.4) is 0 Å². The number of nitrogens with one attached hydrogen (secondary N) is 1. The predicted octanol–water partition coefficient (Wildman–Crippen LogP) is -0.200. The molecule has 19 heavy (non-hydrogen) atoms. The molecule has 1 fully saturated rings. The van der Waals surface area contributed by atoms with E-state index in [1.807, 2.05) is 21.0 Å². The van der Waals surface area contributed by atoms with E-state index in [2.05, 4.69) is 10.2 Å². The van der Waals surface area contributed by atoms with Gasteiger partial charge < -0.3 is 10.2 Å². The fourth-order valence-corrected chi connectivity index (χ4v) is 3.91. The van der Waals surface area contributed by atoms with Crippen LogP contribution in [0.5, 0.6) is 0 Å². The van der Waals surface area contributed by atoms with Crippen molar-refractivity contribution < 1.29 is 8.42 Å². The molecule has 114 valence electrons. The van der Waals surface area contributed by atoms with Gasteiger partial charge in [0.2, 0.25) is 0 Å². The summed E-state index contributed by atoms with van der Waals surface area (Å²) in [6.45, 7) is 6.80. The van der Waals surface area contributed by atoms with Crippen LogP contribution in [0.2, 0.25) is 0 Å². The first-order chi connectivity index (χ1) is 8.98. The fraction of sp³-hybridized carbons (Fsp3) is 1.00. The molecule has 1 rings (SSSR count). The van der Waals surface area contributed by atoms with Gasteiger partial charge in [0.1, 0.15) is 0 Å². The van der Waals surface area contributed by atoms with E-state index in [9.17, 15) is 8.42 Å². The highest BCUT2D eigenvalue weighted by atomic mass is 32.2. The first-order valence-electron chi connectivity index (χ1n) is 7.09. The van der Waals surface area contributed by atoms with Gasteiger partial charge in [-0.25, -0.2) is 0 Å². The molecule has 0 aromatic carbocycles. The molecule has 0 aromatic rings. The van der Waals surface area contributed by atoms with Crippen molar-refractivity contribution in [3.05, 3.63) is 0 Å². The summed E-state index contributed by atoms with van der Waals surface area (Å²) in [5.41, 5.74) is 0. The van der Waals surface area contributed by atoms with E-state index in [1.165, 1.54) is 0 Å². The van der Waals surface area contributed by atoms with E-state index in [1.54, 1.807) is 8.61 Å². The van der Waals surface area contributed by atoms with Crippen molar-refractivity contribution in [1.29, 1.82) is 0 Å². The molecule has 1 heterocycles. The molecule has 0 saturated carbocycles. The van der Waals surface area contributed by atoms with Crippen molar-refractivity contribution in [2.45, 2.75) is 19.8 Å². The number of rotatable bonds is 7. The molecule has 0 atom stereocenters. The zero-order chi connectivity index (χ0) is 14.3. The van der Waals surface area contributed by atoms with E-state index in [0.29, 0.717) is 26.2 Å². The Morgan fingerprint density at radius 3 is 2.53 bits per heavy atom. The zero-order valence-corrected chi connectivity index (χ0v) is 13.2. The Labute approximate surface area is 117 Å². The molecule has 0 amide bonds. The third kappa shape index (κ3) is 5.35. The van der Waals surface area contributed by atoms with Gasteiger partial charge in [-0.2, -0.15) is 17.0 Å². The molecule has 1 saturated heterocycles. The summed E-state index contributed by atoms with van der Waals surface area (Å²) in [6.07, 6.45) is 1.75. The lowest BCUT2D eigenvalue weighted by molar-refractivity contribution is 0.326. The monoisotopic (exact) mass is 292 g/mol. The van der Waals surface area contributed by atoms with Crippen molar-refractivity contribution in [1.82, 2.24) is 18.8 Å². The lowest BCUT2D eigenvalue weighted by Gasteiger charge is -2.28. The van der Waals surface area contributed by atoms with Crippen molar-refractivity contribution in [2.24, 2.45) is 0 Å². The maximum Gasteiger partial charge on any atom is 0.282 e. The van der Waals surface area contributed by atoms with E-state index >= 15 is 0 Å². The summed E-state index contributed by atoms with van der Waals surface area (Å²) >= 11 is 0. The summed E-state index contributed by atoms with van der Waals surface area (Å²) in [5.74, 6) is 0. The predicted molar refractivity (Wildman–Crippen MR) is 78.4 cm³/mol. The molecule has 1 aliphatic heterocycles. The average molecular weight is 292 g/mol. The lowest BCUT2D eigenvalue weighted by Crippen LogP contribution is -2.45. The van der Waals surface area contributed by atoms with Crippen LogP contribution in [0, 0.1) is 0 Å². The summed E-state index contributed by atoms with van der Waals surface area (Å²) in [5, 5.41) is 3.23. The second-order valence-electron chi connectivity index (χ2n) is 5.16. The van der Waals surface area contributed by atoms with Gasteiger partial charge >= 0.3 is 0 Å². The number of nitrogens with zero attached hydrogens (tertiary/aromatic N) is 3. The second-order valence-corrected chi connectivity index (χ2v) is 7.09. The Balaban J connectivity index is 2.60. The van der Waals surface area contributed by atoms with Gasteiger partial charge in [0, 0.05) is 32.7 Å². The average Bonchev–Trinajstić information content (AvgIpc) is 2.63. The summed E-state index contributed by atoms with van der Waals surface area (Å²) in [7, 11) is 0.723. The van der Waals surface area contributed by atoms with Crippen LogP contribution in [-0.2, 0) is 10.2 Å². The quantitative estimate of drug-likeness (QED) is 0.706. The second kappa shape index (κ2) is 8.16. The minimum Gasteiger partial charge on any atom is -0.315 e. The van der Waals surface area contributed by atoms with Crippen LogP contribution in [0.1, 0.15) is 19.8 Å². The lowest BCUT2D eigenvalue weighted by atomic mass is 10.4. The van der Waals surface area contributed by atoms with Gasteiger partial charge in [0.15, 0.2) is 0 Å². The largest absolute Gasteiger partial charge is 0.315 e. The van der Waals surface area contributed by atoms with Crippen LogP contribution >= 0.6 is 0 Å². The van der Waals surface area contributed by atoms with Gasteiger partial charge in [-0.1, -0.05) is 6.92 Å². The molecule has 1 N–H and O–H groups in total. The molecule has 0 spiro atoms. The number of hydrogen-bond donors (Lipinski definition) is 1. The van der Waals surface area contributed by atoms with Crippen molar-refractivity contribution in [3.63, 3.8) is 0 Å². The Morgan fingerprint density at radius 2 is 1.89 bits per heavy atom. The first kappa shape index (κ1) is 16.8. The van der Waals surface area contributed by atoms with E-state index in [0.717, 1.165) is 32.5 Å². The molecule has 0 radical (unpaired) electrons. The number of hydrogen-bond acceptors (Lipinski definition) is 4. The maximum atomic E-state index is 12.6. The molecule has 0 unspecified atom stereocenters.